The largest absolute Gasteiger partial charge is 0.314 e. The van der Waals surface area contributed by atoms with Crippen molar-refractivity contribution in [1.82, 2.24) is 5.32 Å². The number of halogens is 1. The molecule has 3 heteroatoms. The SMILES string of the molecule is Cc1cc(C)c(C(=O)CCNC2CC2)c(F)c1. The second-order valence-electron chi connectivity index (χ2n) is 4.84. The van der Waals surface area contributed by atoms with Gasteiger partial charge in [-0.05, 0) is 43.9 Å². The van der Waals surface area contributed by atoms with E-state index in [-0.39, 0.29) is 17.2 Å². The van der Waals surface area contributed by atoms with Crippen molar-refractivity contribution >= 4 is 5.78 Å². The molecule has 0 heterocycles. The molecule has 0 bridgehead atoms. The molecule has 2 nitrogen and oxygen atoms in total. The minimum atomic E-state index is -0.390. The Bertz CT molecular complexity index is 415. The third-order valence-electron chi connectivity index (χ3n) is 3.07. The molecule has 0 radical (unpaired) electrons. The predicted molar refractivity (Wildman–Crippen MR) is 65.8 cm³/mol. The normalized spacial score (nSPS) is 15.0. The molecule has 1 fully saturated rings. The smallest absolute Gasteiger partial charge is 0.167 e. The Kier molecular flexibility index (Phi) is 3.57. The van der Waals surface area contributed by atoms with Gasteiger partial charge in [-0.3, -0.25) is 4.79 Å². The molecule has 0 saturated heterocycles. The van der Waals surface area contributed by atoms with Crippen molar-refractivity contribution < 1.29 is 9.18 Å². The molecule has 17 heavy (non-hydrogen) atoms. The van der Waals surface area contributed by atoms with Crippen LogP contribution in [0.5, 0.6) is 0 Å². The van der Waals surface area contributed by atoms with Crippen molar-refractivity contribution in [2.45, 2.75) is 39.2 Å². The maximum atomic E-state index is 13.7. The molecule has 1 saturated carbocycles. The summed E-state index contributed by atoms with van der Waals surface area (Å²) in [6.45, 7) is 4.27. The Morgan fingerprint density at radius 2 is 2.12 bits per heavy atom. The van der Waals surface area contributed by atoms with Crippen molar-refractivity contribution in [3.8, 4) is 0 Å². The number of hydrogen-bond donors (Lipinski definition) is 1. The number of carbonyl (C=O) groups is 1. The number of Topliss-reactive ketones (excluding diaryl/α,β-unsaturated/α-hetero) is 1. The zero-order valence-electron chi connectivity index (χ0n) is 10.3. The lowest BCUT2D eigenvalue weighted by Crippen LogP contribution is -2.21. The van der Waals surface area contributed by atoms with Gasteiger partial charge in [0.15, 0.2) is 5.78 Å². The molecule has 0 atom stereocenters. The van der Waals surface area contributed by atoms with Crippen molar-refractivity contribution in [1.29, 1.82) is 0 Å². The van der Waals surface area contributed by atoms with Gasteiger partial charge in [0, 0.05) is 19.0 Å². The van der Waals surface area contributed by atoms with Gasteiger partial charge in [0.1, 0.15) is 5.82 Å². The molecule has 1 aliphatic carbocycles. The van der Waals surface area contributed by atoms with Gasteiger partial charge in [-0.15, -0.1) is 0 Å². The molecular formula is C14H18FNO. The molecule has 0 aliphatic heterocycles. The molecule has 0 amide bonds. The number of nitrogens with one attached hydrogen (secondary N) is 1. The summed E-state index contributed by atoms with van der Waals surface area (Å²) in [6, 6.07) is 3.87. The fraction of sp³-hybridized carbons (Fsp3) is 0.500. The maximum absolute atomic E-state index is 13.7. The highest BCUT2D eigenvalue weighted by atomic mass is 19.1. The second kappa shape index (κ2) is 4.96. The van der Waals surface area contributed by atoms with E-state index in [1.54, 1.807) is 6.92 Å². The fourth-order valence-electron chi connectivity index (χ4n) is 2.07. The van der Waals surface area contributed by atoms with Crippen LogP contribution in [-0.4, -0.2) is 18.4 Å². The average Bonchev–Trinajstić information content (AvgIpc) is 2.99. The summed E-state index contributed by atoms with van der Waals surface area (Å²) in [5, 5.41) is 3.26. The van der Waals surface area contributed by atoms with Crippen molar-refractivity contribution in [2.75, 3.05) is 6.54 Å². The third-order valence-corrected chi connectivity index (χ3v) is 3.07. The van der Waals surface area contributed by atoms with E-state index in [9.17, 15) is 9.18 Å². The van der Waals surface area contributed by atoms with Crippen molar-refractivity contribution in [3.05, 3.63) is 34.6 Å². The number of carbonyl (C=O) groups excluding carboxylic acids is 1. The van der Waals surface area contributed by atoms with Crippen LogP contribution >= 0.6 is 0 Å². The van der Waals surface area contributed by atoms with Crippen LogP contribution in [0.25, 0.3) is 0 Å². The maximum Gasteiger partial charge on any atom is 0.167 e. The molecule has 0 spiro atoms. The Hall–Kier alpha value is -1.22. The van der Waals surface area contributed by atoms with E-state index in [4.69, 9.17) is 0 Å². The Balaban J connectivity index is 2.01. The van der Waals surface area contributed by atoms with Gasteiger partial charge in [0.25, 0.3) is 0 Å². The van der Waals surface area contributed by atoms with E-state index in [2.05, 4.69) is 5.32 Å². The van der Waals surface area contributed by atoms with Crippen LogP contribution in [-0.2, 0) is 0 Å². The Labute approximate surface area is 101 Å². The molecule has 0 aromatic heterocycles. The highest BCUT2D eigenvalue weighted by Crippen LogP contribution is 2.20. The zero-order valence-corrected chi connectivity index (χ0v) is 10.3. The first kappa shape index (κ1) is 12.2. The molecule has 0 unspecified atom stereocenters. The van der Waals surface area contributed by atoms with Crippen LogP contribution in [0.15, 0.2) is 12.1 Å². The summed E-state index contributed by atoms with van der Waals surface area (Å²) in [7, 11) is 0. The average molecular weight is 235 g/mol. The first-order chi connectivity index (χ1) is 8.08. The Morgan fingerprint density at radius 1 is 1.41 bits per heavy atom. The standard InChI is InChI=1S/C14H18FNO/c1-9-7-10(2)14(12(15)8-9)13(17)5-6-16-11-3-4-11/h7-8,11,16H,3-6H2,1-2H3. The highest BCUT2D eigenvalue weighted by molar-refractivity contribution is 5.97. The predicted octanol–water partition coefficient (Wildman–Crippen LogP) is 2.77. The van der Waals surface area contributed by atoms with E-state index in [0.29, 0.717) is 19.0 Å². The van der Waals surface area contributed by atoms with Crippen molar-refractivity contribution in [3.63, 3.8) is 0 Å². The lowest BCUT2D eigenvalue weighted by atomic mass is 9.99. The molecule has 1 aromatic carbocycles. The molecule has 1 N–H and O–H groups in total. The van der Waals surface area contributed by atoms with Crippen LogP contribution in [0.4, 0.5) is 4.39 Å². The number of hydrogen-bond acceptors (Lipinski definition) is 2. The minimum Gasteiger partial charge on any atom is -0.314 e. The summed E-state index contributed by atoms with van der Waals surface area (Å²) in [4.78, 5) is 11.9. The van der Waals surface area contributed by atoms with E-state index in [0.717, 1.165) is 11.1 Å². The lowest BCUT2D eigenvalue weighted by Gasteiger charge is -2.08. The first-order valence-corrected chi connectivity index (χ1v) is 6.11. The summed E-state index contributed by atoms with van der Waals surface area (Å²) in [6.07, 6.45) is 2.77. The summed E-state index contributed by atoms with van der Waals surface area (Å²) in [5.41, 5.74) is 1.85. The topological polar surface area (TPSA) is 29.1 Å². The molecule has 1 aliphatic rings. The van der Waals surface area contributed by atoms with Gasteiger partial charge in [0.2, 0.25) is 0 Å². The summed E-state index contributed by atoms with van der Waals surface area (Å²) >= 11 is 0. The molecule has 92 valence electrons. The van der Waals surface area contributed by atoms with E-state index in [1.165, 1.54) is 18.9 Å². The highest BCUT2D eigenvalue weighted by Gasteiger charge is 2.21. The number of rotatable bonds is 5. The van der Waals surface area contributed by atoms with Gasteiger partial charge in [-0.2, -0.15) is 0 Å². The third kappa shape index (κ3) is 3.13. The van der Waals surface area contributed by atoms with Crippen LogP contribution in [0.3, 0.4) is 0 Å². The van der Waals surface area contributed by atoms with Crippen molar-refractivity contribution in [2.24, 2.45) is 0 Å². The van der Waals surface area contributed by atoms with Crippen LogP contribution in [0, 0.1) is 19.7 Å². The van der Waals surface area contributed by atoms with E-state index in [1.807, 2.05) is 13.0 Å². The van der Waals surface area contributed by atoms with Gasteiger partial charge in [-0.25, -0.2) is 4.39 Å². The molecule has 2 rings (SSSR count). The van der Waals surface area contributed by atoms with Gasteiger partial charge in [0.05, 0.1) is 5.56 Å². The zero-order chi connectivity index (χ0) is 12.4. The molecule has 1 aromatic rings. The number of benzene rings is 1. The van der Waals surface area contributed by atoms with Gasteiger partial charge in [-0.1, -0.05) is 6.07 Å². The van der Waals surface area contributed by atoms with E-state index >= 15 is 0 Å². The van der Waals surface area contributed by atoms with Crippen LogP contribution < -0.4 is 5.32 Å². The first-order valence-electron chi connectivity index (χ1n) is 6.11. The number of aryl methyl sites for hydroxylation is 2. The summed E-state index contributed by atoms with van der Waals surface area (Å²) in [5.74, 6) is -0.493. The molecular weight excluding hydrogens is 217 g/mol. The van der Waals surface area contributed by atoms with Crippen LogP contribution in [0.1, 0.15) is 40.7 Å². The fourth-order valence-corrected chi connectivity index (χ4v) is 2.07. The van der Waals surface area contributed by atoms with Gasteiger partial charge >= 0.3 is 0 Å². The summed E-state index contributed by atoms with van der Waals surface area (Å²) < 4.78 is 13.7. The monoisotopic (exact) mass is 235 g/mol. The Morgan fingerprint density at radius 3 is 2.71 bits per heavy atom. The van der Waals surface area contributed by atoms with Gasteiger partial charge < -0.3 is 5.32 Å². The van der Waals surface area contributed by atoms with E-state index < -0.39 is 0 Å². The quantitative estimate of drug-likeness (QED) is 0.795. The number of ketones is 1. The second-order valence-corrected chi connectivity index (χ2v) is 4.84. The lowest BCUT2D eigenvalue weighted by molar-refractivity contribution is 0.0978. The van der Waals surface area contributed by atoms with Crippen LogP contribution in [0.2, 0.25) is 0 Å². The minimum absolute atomic E-state index is 0.104.